The topological polar surface area (TPSA) is 57.6 Å². The van der Waals surface area contributed by atoms with Crippen molar-refractivity contribution >= 4 is 11.7 Å². The maximum Gasteiger partial charge on any atom is 0.229 e. The lowest BCUT2D eigenvalue weighted by atomic mass is 9.70. The summed E-state index contributed by atoms with van der Waals surface area (Å²) < 4.78 is 0. The first kappa shape index (κ1) is 18.1. The summed E-state index contributed by atoms with van der Waals surface area (Å²) in [5, 5.41) is 11.3. The Labute approximate surface area is 150 Å². The number of carbonyl (C=O) groups excluding carboxylic acids is 2. The lowest BCUT2D eigenvalue weighted by Crippen LogP contribution is -2.55. The number of aryl methyl sites for hydroxylation is 2. The first-order chi connectivity index (χ1) is 11.9. The smallest absolute Gasteiger partial charge is 0.229 e. The average Bonchev–Trinajstić information content (AvgIpc) is 2.64. The molecule has 1 heterocycles. The highest BCUT2D eigenvalue weighted by Crippen LogP contribution is 2.38. The molecule has 2 atom stereocenters. The number of likely N-dealkylation sites (tertiary alicyclic amines) is 1. The molecule has 25 heavy (non-hydrogen) atoms. The summed E-state index contributed by atoms with van der Waals surface area (Å²) in [6.07, 6.45) is 5.85. The second-order valence-electron chi connectivity index (χ2n) is 7.74. The van der Waals surface area contributed by atoms with Crippen LogP contribution in [0.3, 0.4) is 0 Å². The number of carbonyl (C=O) groups is 2. The Morgan fingerprint density at radius 1 is 1.04 bits per heavy atom. The van der Waals surface area contributed by atoms with Gasteiger partial charge in [0.15, 0.2) is 5.78 Å². The standard InChI is InChI=1S/C21H29NO3/c1-15-9-10-17(14-16(15)2)19(23)21(25)11-5-4-8-18(21)20(24)22-12-6-3-7-13-22/h9-10,14,18,25H,3-8,11-13H2,1-2H3. The molecule has 1 aromatic carbocycles. The number of ketones is 1. The molecule has 1 saturated carbocycles. The third kappa shape index (κ3) is 3.50. The van der Waals surface area contributed by atoms with E-state index in [2.05, 4.69) is 0 Å². The van der Waals surface area contributed by atoms with Gasteiger partial charge in [0.25, 0.3) is 0 Å². The first-order valence-corrected chi connectivity index (χ1v) is 9.57. The predicted octanol–water partition coefficient (Wildman–Crippen LogP) is 3.42. The molecule has 2 unspecified atom stereocenters. The Hall–Kier alpha value is -1.68. The lowest BCUT2D eigenvalue weighted by Gasteiger charge is -2.41. The van der Waals surface area contributed by atoms with Crippen LogP contribution >= 0.6 is 0 Å². The summed E-state index contributed by atoms with van der Waals surface area (Å²) in [5.41, 5.74) is 1.11. The van der Waals surface area contributed by atoms with Gasteiger partial charge in [-0.15, -0.1) is 0 Å². The minimum Gasteiger partial charge on any atom is -0.381 e. The van der Waals surface area contributed by atoms with Crippen LogP contribution < -0.4 is 0 Å². The zero-order valence-corrected chi connectivity index (χ0v) is 15.4. The van der Waals surface area contributed by atoms with Gasteiger partial charge in [0.2, 0.25) is 5.91 Å². The molecular formula is C21H29NO3. The van der Waals surface area contributed by atoms with Gasteiger partial charge in [0, 0.05) is 18.7 Å². The molecule has 1 saturated heterocycles. The van der Waals surface area contributed by atoms with E-state index in [0.29, 0.717) is 18.4 Å². The molecule has 2 aliphatic rings. The Balaban J connectivity index is 1.88. The second kappa shape index (κ2) is 7.28. The van der Waals surface area contributed by atoms with Gasteiger partial charge in [-0.25, -0.2) is 0 Å². The molecule has 1 amide bonds. The molecular weight excluding hydrogens is 314 g/mol. The van der Waals surface area contributed by atoms with E-state index in [9.17, 15) is 14.7 Å². The molecule has 4 nitrogen and oxygen atoms in total. The fourth-order valence-electron chi connectivity index (χ4n) is 4.22. The van der Waals surface area contributed by atoms with Crippen LogP contribution in [0.4, 0.5) is 0 Å². The maximum atomic E-state index is 13.2. The number of amides is 1. The molecule has 1 N–H and O–H groups in total. The predicted molar refractivity (Wildman–Crippen MR) is 97.6 cm³/mol. The highest BCUT2D eigenvalue weighted by molar-refractivity contribution is 6.05. The van der Waals surface area contributed by atoms with Crippen molar-refractivity contribution in [2.75, 3.05) is 13.1 Å². The summed E-state index contributed by atoms with van der Waals surface area (Å²) in [4.78, 5) is 28.1. The quantitative estimate of drug-likeness (QED) is 0.856. The third-order valence-corrected chi connectivity index (χ3v) is 6.01. The Morgan fingerprint density at radius 3 is 2.44 bits per heavy atom. The summed E-state index contributed by atoms with van der Waals surface area (Å²) in [5.74, 6) is -0.918. The van der Waals surface area contributed by atoms with Gasteiger partial charge in [0.05, 0.1) is 5.92 Å². The van der Waals surface area contributed by atoms with Crippen molar-refractivity contribution in [1.82, 2.24) is 4.90 Å². The average molecular weight is 343 g/mol. The van der Waals surface area contributed by atoms with Crippen molar-refractivity contribution < 1.29 is 14.7 Å². The number of Topliss-reactive ketones (excluding diaryl/α,β-unsaturated/α-hetero) is 1. The fraction of sp³-hybridized carbons (Fsp3) is 0.619. The number of hydrogen-bond acceptors (Lipinski definition) is 3. The van der Waals surface area contributed by atoms with Gasteiger partial charge in [-0.1, -0.05) is 25.0 Å². The van der Waals surface area contributed by atoms with Crippen LogP contribution in [-0.2, 0) is 4.79 Å². The number of hydrogen-bond donors (Lipinski definition) is 1. The van der Waals surface area contributed by atoms with Crippen LogP contribution in [0.15, 0.2) is 18.2 Å². The summed E-state index contributed by atoms with van der Waals surface area (Å²) in [6.45, 7) is 5.47. The number of benzene rings is 1. The van der Waals surface area contributed by atoms with Crippen molar-refractivity contribution in [3.8, 4) is 0 Å². The minimum absolute atomic E-state index is 0.0286. The molecule has 0 spiro atoms. The molecule has 3 rings (SSSR count). The van der Waals surface area contributed by atoms with Crippen LogP contribution in [0.1, 0.15) is 66.4 Å². The van der Waals surface area contributed by atoms with E-state index < -0.39 is 11.5 Å². The number of rotatable bonds is 3. The Kier molecular flexibility index (Phi) is 5.28. The number of nitrogens with zero attached hydrogens (tertiary/aromatic N) is 1. The van der Waals surface area contributed by atoms with Crippen molar-refractivity contribution in [3.63, 3.8) is 0 Å². The van der Waals surface area contributed by atoms with Crippen molar-refractivity contribution in [2.24, 2.45) is 5.92 Å². The molecule has 1 aliphatic carbocycles. The summed E-state index contributed by atoms with van der Waals surface area (Å²) in [7, 11) is 0. The molecule has 0 bridgehead atoms. The first-order valence-electron chi connectivity index (χ1n) is 9.57. The SMILES string of the molecule is Cc1ccc(C(=O)C2(O)CCCCC2C(=O)N2CCCCC2)cc1C. The van der Waals surface area contributed by atoms with Crippen LogP contribution in [0.25, 0.3) is 0 Å². The monoisotopic (exact) mass is 343 g/mol. The van der Waals surface area contributed by atoms with Gasteiger partial charge in [0.1, 0.15) is 5.60 Å². The largest absolute Gasteiger partial charge is 0.381 e. The molecule has 0 radical (unpaired) electrons. The maximum absolute atomic E-state index is 13.2. The lowest BCUT2D eigenvalue weighted by molar-refractivity contribution is -0.146. The number of aliphatic hydroxyl groups is 1. The van der Waals surface area contributed by atoms with Gasteiger partial charge in [-0.3, -0.25) is 9.59 Å². The molecule has 4 heteroatoms. The van der Waals surface area contributed by atoms with Gasteiger partial charge < -0.3 is 10.0 Å². The third-order valence-electron chi connectivity index (χ3n) is 6.01. The summed E-state index contributed by atoms with van der Waals surface area (Å²) in [6, 6.07) is 5.53. The zero-order chi connectivity index (χ0) is 18.0. The van der Waals surface area contributed by atoms with Crippen LogP contribution in [0.2, 0.25) is 0 Å². The molecule has 1 aliphatic heterocycles. The fourth-order valence-corrected chi connectivity index (χ4v) is 4.22. The highest BCUT2D eigenvalue weighted by Gasteiger charge is 2.50. The van der Waals surface area contributed by atoms with E-state index in [0.717, 1.165) is 56.3 Å². The molecule has 2 fully saturated rings. The van der Waals surface area contributed by atoms with Crippen molar-refractivity contribution in [3.05, 3.63) is 34.9 Å². The molecule has 1 aromatic rings. The van der Waals surface area contributed by atoms with Crippen molar-refractivity contribution in [2.45, 2.75) is 64.4 Å². The van der Waals surface area contributed by atoms with Crippen LogP contribution in [0.5, 0.6) is 0 Å². The normalized spacial score (nSPS) is 27.2. The molecule has 136 valence electrons. The van der Waals surface area contributed by atoms with Gasteiger partial charge in [-0.05, 0) is 63.1 Å². The highest BCUT2D eigenvalue weighted by atomic mass is 16.3. The second-order valence-corrected chi connectivity index (χ2v) is 7.74. The van der Waals surface area contributed by atoms with Crippen LogP contribution in [0, 0.1) is 19.8 Å². The zero-order valence-electron chi connectivity index (χ0n) is 15.4. The van der Waals surface area contributed by atoms with E-state index in [1.165, 1.54) is 0 Å². The summed E-state index contributed by atoms with van der Waals surface area (Å²) >= 11 is 0. The van der Waals surface area contributed by atoms with Gasteiger partial charge >= 0.3 is 0 Å². The van der Waals surface area contributed by atoms with E-state index in [-0.39, 0.29) is 11.7 Å². The van der Waals surface area contributed by atoms with E-state index in [1.807, 2.05) is 30.9 Å². The van der Waals surface area contributed by atoms with Crippen molar-refractivity contribution in [1.29, 1.82) is 0 Å². The van der Waals surface area contributed by atoms with Crippen LogP contribution in [-0.4, -0.2) is 40.4 Å². The van der Waals surface area contributed by atoms with E-state index in [1.54, 1.807) is 6.07 Å². The van der Waals surface area contributed by atoms with Gasteiger partial charge in [-0.2, -0.15) is 0 Å². The Bertz CT molecular complexity index is 663. The molecule has 0 aromatic heterocycles. The minimum atomic E-state index is -1.56. The Morgan fingerprint density at radius 2 is 1.76 bits per heavy atom. The van der Waals surface area contributed by atoms with E-state index in [4.69, 9.17) is 0 Å². The van der Waals surface area contributed by atoms with E-state index >= 15 is 0 Å². The number of piperidine rings is 1.